The smallest absolute Gasteiger partial charge is 0.355 e. The van der Waals surface area contributed by atoms with Crippen LogP contribution in [0.1, 0.15) is 62.8 Å². The molecule has 2 bridgehead atoms. The highest BCUT2D eigenvalue weighted by molar-refractivity contribution is 5.96. The van der Waals surface area contributed by atoms with E-state index < -0.39 is 41.7 Å². The van der Waals surface area contributed by atoms with E-state index >= 15 is 0 Å². The second kappa shape index (κ2) is 7.89. The molecule has 36 heavy (non-hydrogen) atoms. The Morgan fingerprint density at radius 3 is 2.53 bits per heavy atom. The molecule has 2 fully saturated rings. The average Bonchev–Trinajstić information content (AvgIpc) is 3.14. The first-order valence-electron chi connectivity index (χ1n) is 13.1. The van der Waals surface area contributed by atoms with Crippen LogP contribution in [-0.4, -0.2) is 56.1 Å². The maximum absolute atomic E-state index is 14.4. The van der Waals surface area contributed by atoms with Crippen molar-refractivity contribution in [3.8, 4) is 0 Å². The van der Waals surface area contributed by atoms with Crippen LogP contribution in [0.4, 0.5) is 0 Å². The Labute approximate surface area is 212 Å². The van der Waals surface area contributed by atoms with Gasteiger partial charge in [-0.25, -0.2) is 4.79 Å². The van der Waals surface area contributed by atoms with Crippen molar-refractivity contribution in [3.63, 3.8) is 0 Å². The van der Waals surface area contributed by atoms with Gasteiger partial charge in [0, 0.05) is 18.7 Å². The van der Waals surface area contributed by atoms with Crippen LogP contribution in [-0.2, 0) is 23.0 Å². The third kappa shape index (κ3) is 2.91. The molecule has 3 N–H and O–H groups in total. The number of aliphatic hydroxyl groups excluding tert-OH is 2. The highest BCUT2D eigenvalue weighted by Crippen LogP contribution is 2.71. The molecule has 0 amide bonds. The van der Waals surface area contributed by atoms with Crippen LogP contribution < -0.4 is 0 Å². The van der Waals surface area contributed by atoms with Gasteiger partial charge in [0.15, 0.2) is 17.5 Å². The van der Waals surface area contributed by atoms with Gasteiger partial charge in [-0.3, -0.25) is 4.79 Å². The Morgan fingerprint density at radius 1 is 1.28 bits per heavy atom. The normalized spacial score (nSPS) is 40.4. The number of nitrogens with zero attached hydrogens (tertiary/aromatic N) is 1. The highest BCUT2D eigenvalue weighted by atomic mass is 16.6. The lowest BCUT2D eigenvalue weighted by molar-refractivity contribution is -0.190. The molecule has 8 atom stereocenters. The van der Waals surface area contributed by atoms with Crippen LogP contribution >= 0.6 is 0 Å². The Bertz CT molecular complexity index is 1210. The van der Waals surface area contributed by atoms with Crippen molar-refractivity contribution in [3.05, 3.63) is 46.3 Å². The minimum absolute atomic E-state index is 0.0368. The third-order valence-electron chi connectivity index (χ3n) is 10.2. The number of aliphatic hydroxyl groups is 3. The molecule has 4 aliphatic rings. The van der Waals surface area contributed by atoms with Crippen molar-refractivity contribution in [2.24, 2.45) is 41.5 Å². The summed E-state index contributed by atoms with van der Waals surface area (Å²) in [7, 11) is 1.80. The second-order valence-electron chi connectivity index (χ2n) is 12.2. The summed E-state index contributed by atoms with van der Waals surface area (Å²) >= 11 is 0. The molecule has 196 valence electrons. The van der Waals surface area contributed by atoms with Gasteiger partial charge in [-0.05, 0) is 72.6 Å². The van der Waals surface area contributed by atoms with Gasteiger partial charge in [-0.2, -0.15) is 0 Å². The monoisotopic (exact) mass is 497 g/mol. The van der Waals surface area contributed by atoms with Gasteiger partial charge in [0.25, 0.3) is 0 Å². The number of esters is 1. The zero-order chi connectivity index (χ0) is 26.5. The highest BCUT2D eigenvalue weighted by Gasteiger charge is 2.76. The summed E-state index contributed by atoms with van der Waals surface area (Å²) in [6.07, 6.45) is 2.11. The molecule has 7 heteroatoms. The molecule has 7 nitrogen and oxygen atoms in total. The van der Waals surface area contributed by atoms with E-state index in [0.717, 1.165) is 24.1 Å². The van der Waals surface area contributed by atoms with E-state index in [1.54, 1.807) is 30.7 Å². The summed E-state index contributed by atoms with van der Waals surface area (Å²) < 4.78 is 7.81. The lowest BCUT2D eigenvalue weighted by atomic mass is 9.59. The first kappa shape index (κ1) is 25.4. The van der Waals surface area contributed by atoms with Crippen LogP contribution in [0.5, 0.6) is 0 Å². The summed E-state index contributed by atoms with van der Waals surface area (Å²) in [5.74, 6) is -1.21. The number of hydrogen-bond donors (Lipinski definition) is 3. The van der Waals surface area contributed by atoms with Crippen LogP contribution in [0, 0.1) is 41.4 Å². The Kier molecular flexibility index (Phi) is 5.57. The SMILES string of the molecule is CCc1cc(C)c(C(=O)O[C@H]2C(C)=C[C@]34C(=O)[C@@H](C=C(CO)[C@@H](O)[C@]23O)[C@H]2[C@@H](C[C@H]4C)C2(C)C)n1C. The van der Waals surface area contributed by atoms with Gasteiger partial charge < -0.3 is 24.6 Å². The first-order chi connectivity index (χ1) is 16.8. The minimum atomic E-state index is -2.12. The van der Waals surface area contributed by atoms with Crippen molar-refractivity contribution in [1.29, 1.82) is 0 Å². The van der Waals surface area contributed by atoms with E-state index in [0.29, 0.717) is 17.2 Å². The average molecular weight is 498 g/mol. The molecule has 1 aromatic heterocycles. The predicted molar refractivity (Wildman–Crippen MR) is 134 cm³/mol. The number of aromatic nitrogens is 1. The fourth-order valence-corrected chi connectivity index (χ4v) is 8.22. The zero-order valence-corrected chi connectivity index (χ0v) is 22.3. The summed E-state index contributed by atoms with van der Waals surface area (Å²) in [5.41, 5.74) is -0.719. The number of allylic oxidation sites excluding steroid dienone is 1. The number of Topliss-reactive ketones (excluding diaryl/α,β-unsaturated/α-hetero) is 1. The molecule has 1 aromatic rings. The molecule has 5 rings (SSSR count). The number of carbonyl (C=O) groups excluding carboxylic acids is 2. The quantitative estimate of drug-likeness (QED) is 0.436. The van der Waals surface area contributed by atoms with E-state index in [4.69, 9.17) is 4.74 Å². The van der Waals surface area contributed by atoms with E-state index in [1.807, 2.05) is 26.8 Å². The third-order valence-corrected chi connectivity index (χ3v) is 10.2. The van der Waals surface area contributed by atoms with E-state index in [9.17, 15) is 24.9 Å². The van der Waals surface area contributed by atoms with Crippen LogP contribution in [0.25, 0.3) is 0 Å². The molecule has 1 heterocycles. The molecule has 0 unspecified atom stereocenters. The number of ether oxygens (including phenoxy) is 1. The fraction of sp³-hybridized carbons (Fsp3) is 0.655. The predicted octanol–water partition coefficient (Wildman–Crippen LogP) is 2.89. The second-order valence-corrected chi connectivity index (χ2v) is 12.2. The minimum Gasteiger partial charge on any atom is -0.450 e. The number of carbonyl (C=O) groups is 2. The van der Waals surface area contributed by atoms with Gasteiger partial charge in [0.2, 0.25) is 0 Å². The Hall–Kier alpha value is -2.22. The van der Waals surface area contributed by atoms with Gasteiger partial charge in [-0.15, -0.1) is 0 Å². The molecule has 1 spiro atoms. The summed E-state index contributed by atoms with van der Waals surface area (Å²) in [6.45, 7) is 11.4. The summed E-state index contributed by atoms with van der Waals surface area (Å²) in [5, 5.41) is 34.4. The molecule has 0 aliphatic heterocycles. The van der Waals surface area contributed by atoms with Gasteiger partial charge in [-0.1, -0.05) is 39.8 Å². The molecule has 2 saturated carbocycles. The number of fused-ring (bicyclic) bond motifs is 3. The van der Waals surface area contributed by atoms with Crippen LogP contribution in [0.3, 0.4) is 0 Å². The Morgan fingerprint density at radius 2 is 1.94 bits per heavy atom. The van der Waals surface area contributed by atoms with Gasteiger partial charge in [0.1, 0.15) is 11.8 Å². The molecular weight excluding hydrogens is 458 g/mol. The molecule has 0 radical (unpaired) electrons. The van der Waals surface area contributed by atoms with Crippen molar-refractivity contribution in [2.75, 3.05) is 6.61 Å². The van der Waals surface area contributed by atoms with Crippen LogP contribution in [0.15, 0.2) is 29.4 Å². The first-order valence-corrected chi connectivity index (χ1v) is 13.1. The Balaban J connectivity index is 1.63. The topological polar surface area (TPSA) is 109 Å². The van der Waals surface area contributed by atoms with Crippen molar-refractivity contribution >= 4 is 11.8 Å². The number of aryl methyl sites for hydroxylation is 2. The summed E-state index contributed by atoms with van der Waals surface area (Å²) in [6, 6.07) is 1.94. The van der Waals surface area contributed by atoms with Crippen molar-refractivity contribution in [2.45, 2.75) is 72.2 Å². The standard InChI is InChI=1S/C29H39NO6/c1-8-18-9-14(2)22(30(18)7)26(34)36-25-15(3)12-28-16(4)10-20-21(27(20,5)6)19(24(28)33)11-17(13-31)23(32)29(25,28)35/h9,11-12,16,19-21,23,25,31-32,35H,8,10,13H2,1-7H3/t16-,19+,20-,21+,23-,25+,28+,29+/m1/s1. The lowest BCUT2D eigenvalue weighted by Gasteiger charge is -2.48. The summed E-state index contributed by atoms with van der Waals surface area (Å²) in [4.78, 5) is 27.9. The molecule has 0 saturated heterocycles. The van der Waals surface area contributed by atoms with Gasteiger partial charge >= 0.3 is 5.97 Å². The maximum atomic E-state index is 14.4. The van der Waals surface area contributed by atoms with E-state index in [-0.39, 0.29) is 28.6 Å². The lowest BCUT2D eigenvalue weighted by Crippen LogP contribution is -2.65. The van der Waals surface area contributed by atoms with E-state index in [2.05, 4.69) is 13.8 Å². The van der Waals surface area contributed by atoms with E-state index in [1.165, 1.54) is 0 Å². The van der Waals surface area contributed by atoms with Crippen LogP contribution in [0.2, 0.25) is 0 Å². The zero-order valence-electron chi connectivity index (χ0n) is 22.3. The molecular formula is C29H39NO6. The van der Waals surface area contributed by atoms with Crippen molar-refractivity contribution in [1.82, 2.24) is 4.57 Å². The largest absolute Gasteiger partial charge is 0.450 e. The number of hydrogen-bond acceptors (Lipinski definition) is 6. The molecule has 4 aliphatic carbocycles. The number of rotatable bonds is 4. The fourth-order valence-electron chi connectivity index (χ4n) is 8.22. The van der Waals surface area contributed by atoms with Crippen molar-refractivity contribution < 1.29 is 29.6 Å². The van der Waals surface area contributed by atoms with Gasteiger partial charge in [0.05, 0.1) is 12.0 Å². The maximum Gasteiger partial charge on any atom is 0.355 e. The number of ketones is 1. The molecule has 0 aromatic carbocycles.